The standard InChI is InChI=1S/C23H28N2O4S/c1-2-3-13-27-20-7-4-6-17(15-20)22(26)25-23(30)24-18-9-11-19(12-10-18)29-16-21-8-5-14-28-21/h4,6-7,9-12,15,21H,2-3,5,8,13-14,16H2,1H3,(H2,24,25,26,30). The van der Waals surface area contributed by atoms with E-state index in [0.717, 1.165) is 43.7 Å². The van der Waals surface area contributed by atoms with E-state index in [4.69, 9.17) is 26.4 Å². The van der Waals surface area contributed by atoms with Crippen molar-refractivity contribution >= 4 is 28.9 Å². The highest BCUT2D eigenvalue weighted by Gasteiger charge is 2.16. The highest BCUT2D eigenvalue weighted by molar-refractivity contribution is 7.80. The van der Waals surface area contributed by atoms with E-state index in [9.17, 15) is 4.79 Å². The van der Waals surface area contributed by atoms with Crippen molar-refractivity contribution < 1.29 is 19.0 Å². The van der Waals surface area contributed by atoms with Gasteiger partial charge in [0.1, 0.15) is 18.1 Å². The lowest BCUT2D eigenvalue weighted by Gasteiger charge is -2.13. The van der Waals surface area contributed by atoms with Crippen LogP contribution in [-0.2, 0) is 4.74 Å². The molecule has 1 atom stereocenters. The van der Waals surface area contributed by atoms with E-state index in [1.807, 2.05) is 30.3 Å². The number of thiocarbonyl (C=S) groups is 1. The molecular formula is C23H28N2O4S. The van der Waals surface area contributed by atoms with Crippen LogP contribution < -0.4 is 20.1 Å². The maximum atomic E-state index is 12.5. The minimum atomic E-state index is -0.287. The third-order valence-electron chi connectivity index (χ3n) is 4.66. The van der Waals surface area contributed by atoms with E-state index in [0.29, 0.717) is 24.5 Å². The molecule has 2 aromatic carbocycles. The molecule has 6 nitrogen and oxygen atoms in total. The Balaban J connectivity index is 1.46. The first kappa shape index (κ1) is 22.1. The van der Waals surface area contributed by atoms with Gasteiger partial charge < -0.3 is 19.5 Å². The Bertz CT molecular complexity index is 835. The second-order valence-electron chi connectivity index (χ2n) is 7.11. The summed E-state index contributed by atoms with van der Waals surface area (Å²) in [6.45, 7) is 4.11. The number of rotatable bonds is 9. The molecule has 0 saturated carbocycles. The average Bonchev–Trinajstić information content (AvgIpc) is 3.27. The lowest BCUT2D eigenvalue weighted by molar-refractivity contribution is 0.0679. The van der Waals surface area contributed by atoms with Gasteiger partial charge in [0.15, 0.2) is 5.11 Å². The van der Waals surface area contributed by atoms with Gasteiger partial charge >= 0.3 is 0 Å². The minimum absolute atomic E-state index is 0.182. The van der Waals surface area contributed by atoms with Crippen molar-refractivity contribution in [2.24, 2.45) is 0 Å². The molecule has 1 heterocycles. The molecule has 1 fully saturated rings. The molecular weight excluding hydrogens is 400 g/mol. The molecule has 1 saturated heterocycles. The van der Waals surface area contributed by atoms with Crippen LogP contribution in [0.4, 0.5) is 5.69 Å². The van der Waals surface area contributed by atoms with E-state index in [1.165, 1.54) is 0 Å². The molecule has 0 aromatic heterocycles. The summed E-state index contributed by atoms with van der Waals surface area (Å²) in [5, 5.41) is 5.93. The van der Waals surface area contributed by atoms with Crippen LogP contribution >= 0.6 is 12.2 Å². The summed E-state index contributed by atoms with van der Waals surface area (Å²) in [6.07, 6.45) is 4.35. The Morgan fingerprint density at radius 3 is 2.73 bits per heavy atom. The summed E-state index contributed by atoms with van der Waals surface area (Å²) in [7, 11) is 0. The number of hydrogen-bond acceptors (Lipinski definition) is 5. The zero-order chi connectivity index (χ0) is 21.2. The van der Waals surface area contributed by atoms with Crippen LogP contribution in [-0.4, -0.2) is 36.9 Å². The molecule has 1 aliphatic heterocycles. The Labute approximate surface area is 182 Å². The summed E-state index contributed by atoms with van der Waals surface area (Å²) in [5.41, 5.74) is 1.26. The number of hydrogen-bond donors (Lipinski definition) is 2. The first-order valence-corrected chi connectivity index (χ1v) is 10.7. The number of benzene rings is 2. The molecule has 0 aliphatic carbocycles. The fourth-order valence-corrected chi connectivity index (χ4v) is 3.21. The van der Waals surface area contributed by atoms with Crippen molar-refractivity contribution in [3.05, 3.63) is 54.1 Å². The van der Waals surface area contributed by atoms with Crippen molar-refractivity contribution in [3.8, 4) is 11.5 Å². The highest BCUT2D eigenvalue weighted by atomic mass is 32.1. The van der Waals surface area contributed by atoms with Gasteiger partial charge in [-0.25, -0.2) is 0 Å². The van der Waals surface area contributed by atoms with Gasteiger partial charge in [0, 0.05) is 17.9 Å². The first-order chi connectivity index (χ1) is 14.6. The Hall–Kier alpha value is -2.64. The lowest BCUT2D eigenvalue weighted by atomic mass is 10.2. The molecule has 1 unspecified atom stereocenters. The van der Waals surface area contributed by atoms with Crippen LogP contribution in [0.1, 0.15) is 43.0 Å². The second-order valence-corrected chi connectivity index (χ2v) is 7.52. The number of nitrogens with one attached hydrogen (secondary N) is 2. The maximum absolute atomic E-state index is 12.5. The van der Waals surface area contributed by atoms with E-state index in [1.54, 1.807) is 18.2 Å². The quantitative estimate of drug-likeness (QED) is 0.451. The van der Waals surface area contributed by atoms with Crippen molar-refractivity contribution in [3.63, 3.8) is 0 Å². The fraction of sp³-hybridized carbons (Fsp3) is 0.391. The molecule has 0 bridgehead atoms. The molecule has 1 amide bonds. The van der Waals surface area contributed by atoms with Crippen molar-refractivity contribution in [2.45, 2.75) is 38.7 Å². The third kappa shape index (κ3) is 7.00. The number of carbonyl (C=O) groups excluding carboxylic acids is 1. The molecule has 2 aromatic rings. The molecule has 0 radical (unpaired) electrons. The SMILES string of the molecule is CCCCOc1cccc(C(=O)NC(=S)Nc2ccc(OCC3CCCO3)cc2)c1. The van der Waals surface area contributed by atoms with E-state index in [2.05, 4.69) is 17.6 Å². The van der Waals surface area contributed by atoms with Crippen molar-refractivity contribution in [1.82, 2.24) is 5.32 Å². The zero-order valence-electron chi connectivity index (χ0n) is 17.2. The molecule has 0 spiro atoms. The van der Waals surface area contributed by atoms with E-state index >= 15 is 0 Å². The van der Waals surface area contributed by atoms with Gasteiger partial charge in [0.25, 0.3) is 5.91 Å². The topological polar surface area (TPSA) is 68.8 Å². The molecule has 1 aliphatic rings. The second kappa shape index (κ2) is 11.5. The van der Waals surface area contributed by atoms with E-state index < -0.39 is 0 Å². The summed E-state index contributed by atoms with van der Waals surface area (Å²) in [5.74, 6) is 1.16. The molecule has 160 valence electrons. The number of anilines is 1. The van der Waals surface area contributed by atoms with Crippen molar-refractivity contribution in [2.75, 3.05) is 25.1 Å². The van der Waals surface area contributed by atoms with Crippen molar-refractivity contribution in [1.29, 1.82) is 0 Å². The normalized spacial score (nSPS) is 15.4. The van der Waals surface area contributed by atoms with Gasteiger partial charge in [-0.1, -0.05) is 19.4 Å². The minimum Gasteiger partial charge on any atom is -0.494 e. The van der Waals surface area contributed by atoms with Gasteiger partial charge in [0.2, 0.25) is 0 Å². The largest absolute Gasteiger partial charge is 0.494 e. The molecule has 2 N–H and O–H groups in total. The summed E-state index contributed by atoms with van der Waals surface area (Å²) < 4.78 is 17.0. The lowest BCUT2D eigenvalue weighted by Crippen LogP contribution is -2.34. The van der Waals surface area contributed by atoms with Gasteiger partial charge in [0.05, 0.1) is 12.7 Å². The predicted molar refractivity (Wildman–Crippen MR) is 121 cm³/mol. The summed E-state index contributed by atoms with van der Waals surface area (Å²) in [4.78, 5) is 12.5. The van der Waals surface area contributed by atoms with Gasteiger partial charge in [-0.2, -0.15) is 0 Å². The smallest absolute Gasteiger partial charge is 0.257 e. The van der Waals surface area contributed by atoms with Crippen LogP contribution in [0.2, 0.25) is 0 Å². The van der Waals surface area contributed by atoms with Gasteiger partial charge in [-0.15, -0.1) is 0 Å². The number of ether oxygens (including phenoxy) is 3. The van der Waals surface area contributed by atoms with Crippen LogP contribution in [0.5, 0.6) is 11.5 Å². The highest BCUT2D eigenvalue weighted by Crippen LogP contribution is 2.19. The number of carbonyl (C=O) groups is 1. The Morgan fingerprint density at radius 1 is 1.17 bits per heavy atom. The Morgan fingerprint density at radius 2 is 2.00 bits per heavy atom. The maximum Gasteiger partial charge on any atom is 0.257 e. The number of amides is 1. The van der Waals surface area contributed by atoms with Gasteiger partial charge in [-0.05, 0) is 73.9 Å². The van der Waals surface area contributed by atoms with E-state index in [-0.39, 0.29) is 17.1 Å². The van der Waals surface area contributed by atoms with Gasteiger partial charge in [-0.3, -0.25) is 10.1 Å². The van der Waals surface area contributed by atoms with Crippen LogP contribution in [0, 0.1) is 0 Å². The average molecular weight is 429 g/mol. The monoisotopic (exact) mass is 428 g/mol. The molecule has 3 rings (SSSR count). The first-order valence-electron chi connectivity index (χ1n) is 10.3. The fourth-order valence-electron chi connectivity index (χ4n) is 3.00. The zero-order valence-corrected chi connectivity index (χ0v) is 18.0. The summed E-state index contributed by atoms with van der Waals surface area (Å²) >= 11 is 5.27. The Kier molecular flexibility index (Phi) is 8.47. The summed E-state index contributed by atoms with van der Waals surface area (Å²) in [6, 6.07) is 14.5. The number of unbranched alkanes of at least 4 members (excludes halogenated alkanes) is 1. The van der Waals surface area contributed by atoms with Crippen LogP contribution in [0.15, 0.2) is 48.5 Å². The van der Waals surface area contributed by atoms with Crippen LogP contribution in [0.3, 0.4) is 0 Å². The van der Waals surface area contributed by atoms with Crippen LogP contribution in [0.25, 0.3) is 0 Å². The molecule has 30 heavy (non-hydrogen) atoms. The molecule has 7 heteroatoms. The predicted octanol–water partition coefficient (Wildman–Crippen LogP) is 4.55. The third-order valence-corrected chi connectivity index (χ3v) is 4.87.